The number of ketones is 1. The summed E-state index contributed by atoms with van der Waals surface area (Å²) in [6.45, 7) is -1.72. The van der Waals surface area contributed by atoms with Crippen LogP contribution in [0.5, 0.6) is 0 Å². The van der Waals surface area contributed by atoms with E-state index >= 15 is 0 Å². The predicted molar refractivity (Wildman–Crippen MR) is 55.0 cm³/mol. The molecule has 12 heteroatoms. The molecule has 0 saturated carbocycles. The molecule has 0 heterocycles. The SMILES string of the molecule is [N-]=[N+]=NCC(O)[C@@H](O)[C@@H](O)C(=O)COP(=O)(O)O. The second kappa shape index (κ2) is 7.41. The molecule has 11 nitrogen and oxygen atoms in total. The number of aliphatic hydroxyl groups excluding tert-OH is 3. The van der Waals surface area contributed by atoms with Crippen molar-refractivity contribution in [3.05, 3.63) is 10.4 Å². The molecule has 18 heavy (non-hydrogen) atoms. The lowest BCUT2D eigenvalue weighted by molar-refractivity contribution is -0.140. The minimum Gasteiger partial charge on any atom is -0.390 e. The average Bonchev–Trinajstić information content (AvgIpc) is 2.29. The maximum atomic E-state index is 11.1. The van der Waals surface area contributed by atoms with Crippen molar-refractivity contribution in [2.75, 3.05) is 13.2 Å². The summed E-state index contributed by atoms with van der Waals surface area (Å²) in [6.07, 6.45) is -5.79. The number of hydrogen-bond donors (Lipinski definition) is 5. The highest BCUT2D eigenvalue weighted by molar-refractivity contribution is 7.46. The summed E-state index contributed by atoms with van der Waals surface area (Å²) in [5.41, 5.74) is 7.95. The molecule has 0 saturated heterocycles. The van der Waals surface area contributed by atoms with Crippen LogP contribution in [-0.4, -0.2) is 62.4 Å². The molecule has 0 aromatic heterocycles. The Kier molecular flexibility index (Phi) is 6.99. The zero-order valence-corrected chi connectivity index (χ0v) is 9.79. The molecule has 0 aromatic carbocycles. The number of Topliss-reactive ketones (excluding diaryl/α,β-unsaturated/α-hetero) is 1. The summed E-state index contributed by atoms with van der Waals surface area (Å²) in [6, 6.07) is 0. The molecule has 0 aliphatic rings. The predicted octanol–water partition coefficient (Wildman–Crippen LogP) is -1.94. The molecule has 0 aromatic rings. The molecule has 0 aliphatic heterocycles. The first-order valence-corrected chi connectivity index (χ1v) is 6.00. The Morgan fingerprint density at radius 3 is 2.39 bits per heavy atom. The van der Waals surface area contributed by atoms with Crippen LogP contribution in [0.3, 0.4) is 0 Å². The van der Waals surface area contributed by atoms with Crippen molar-refractivity contribution in [2.45, 2.75) is 18.3 Å². The first-order chi connectivity index (χ1) is 8.19. The van der Waals surface area contributed by atoms with E-state index < -0.39 is 45.1 Å². The molecular weight excluding hydrogens is 273 g/mol. The Labute approximate surface area is 100 Å². The van der Waals surface area contributed by atoms with Crippen LogP contribution in [0.1, 0.15) is 0 Å². The summed E-state index contributed by atoms with van der Waals surface area (Å²) in [5, 5.41) is 30.6. The van der Waals surface area contributed by atoms with E-state index in [0.29, 0.717) is 0 Å². The number of hydrogen-bond acceptors (Lipinski definition) is 7. The zero-order valence-electron chi connectivity index (χ0n) is 8.90. The molecule has 0 radical (unpaired) electrons. The third-order valence-electron chi connectivity index (χ3n) is 1.75. The van der Waals surface area contributed by atoms with Crippen molar-refractivity contribution in [3.8, 4) is 0 Å². The number of phosphoric ester groups is 1. The van der Waals surface area contributed by atoms with Crippen molar-refractivity contribution in [2.24, 2.45) is 5.11 Å². The van der Waals surface area contributed by atoms with Crippen LogP contribution in [0.15, 0.2) is 5.11 Å². The van der Waals surface area contributed by atoms with Crippen molar-refractivity contribution in [1.82, 2.24) is 0 Å². The maximum absolute atomic E-state index is 11.1. The van der Waals surface area contributed by atoms with Gasteiger partial charge in [0.25, 0.3) is 0 Å². The minimum atomic E-state index is -4.87. The average molecular weight is 285 g/mol. The number of carbonyl (C=O) groups is 1. The molecule has 0 bridgehead atoms. The summed E-state index contributed by atoms with van der Waals surface area (Å²) in [4.78, 5) is 30.0. The normalized spacial score (nSPS) is 16.5. The third kappa shape index (κ3) is 6.64. The Hall–Kier alpha value is -1.03. The fraction of sp³-hybridized carbons (Fsp3) is 0.833. The zero-order chi connectivity index (χ0) is 14.3. The van der Waals surface area contributed by atoms with E-state index in [9.17, 15) is 24.7 Å². The molecule has 0 aliphatic carbocycles. The van der Waals surface area contributed by atoms with Gasteiger partial charge in [-0.2, -0.15) is 0 Å². The molecule has 3 atom stereocenters. The van der Waals surface area contributed by atoms with Gasteiger partial charge < -0.3 is 25.1 Å². The van der Waals surface area contributed by atoms with Gasteiger partial charge in [0.15, 0.2) is 5.78 Å². The highest BCUT2D eigenvalue weighted by Gasteiger charge is 2.31. The van der Waals surface area contributed by atoms with Crippen LogP contribution in [0.4, 0.5) is 0 Å². The van der Waals surface area contributed by atoms with Gasteiger partial charge >= 0.3 is 7.82 Å². The second-order valence-electron chi connectivity index (χ2n) is 3.15. The Bertz CT molecular complexity index is 377. The van der Waals surface area contributed by atoms with Crippen LogP contribution in [0.2, 0.25) is 0 Å². The van der Waals surface area contributed by atoms with Gasteiger partial charge in [0.2, 0.25) is 0 Å². The second-order valence-corrected chi connectivity index (χ2v) is 4.39. The van der Waals surface area contributed by atoms with Crippen LogP contribution >= 0.6 is 7.82 Å². The monoisotopic (exact) mass is 285 g/mol. The fourth-order valence-corrected chi connectivity index (χ4v) is 1.16. The van der Waals surface area contributed by atoms with E-state index in [1.165, 1.54) is 0 Å². The summed E-state index contributed by atoms with van der Waals surface area (Å²) >= 11 is 0. The molecular formula is C6H12N3O8P. The molecule has 5 N–H and O–H groups in total. The van der Waals surface area contributed by atoms with E-state index in [1.807, 2.05) is 0 Å². The number of carbonyl (C=O) groups excluding carboxylic acids is 1. The minimum absolute atomic E-state index is 0.582. The van der Waals surface area contributed by atoms with E-state index in [4.69, 9.17) is 15.3 Å². The maximum Gasteiger partial charge on any atom is 0.470 e. The first kappa shape index (κ1) is 17.0. The molecule has 0 fully saturated rings. The summed E-state index contributed by atoms with van der Waals surface area (Å²) in [7, 11) is -4.87. The summed E-state index contributed by atoms with van der Waals surface area (Å²) < 4.78 is 14.1. The topological polar surface area (TPSA) is 193 Å². The Balaban J connectivity index is 4.35. The lowest BCUT2D eigenvalue weighted by atomic mass is 10.1. The lowest BCUT2D eigenvalue weighted by Gasteiger charge is -2.20. The molecule has 1 unspecified atom stereocenters. The van der Waals surface area contributed by atoms with Crippen molar-refractivity contribution < 1.29 is 39.0 Å². The fourth-order valence-electron chi connectivity index (χ4n) is 0.862. The molecule has 0 spiro atoms. The number of phosphoric acid groups is 1. The van der Waals surface area contributed by atoms with Crippen LogP contribution in [0.25, 0.3) is 10.4 Å². The van der Waals surface area contributed by atoms with E-state index in [-0.39, 0.29) is 0 Å². The van der Waals surface area contributed by atoms with E-state index in [1.54, 1.807) is 0 Å². The van der Waals surface area contributed by atoms with Crippen molar-refractivity contribution >= 4 is 13.6 Å². The lowest BCUT2D eigenvalue weighted by Crippen LogP contribution is -2.44. The van der Waals surface area contributed by atoms with Gasteiger partial charge in [0, 0.05) is 4.91 Å². The van der Waals surface area contributed by atoms with Gasteiger partial charge in [-0.25, -0.2) is 4.57 Å². The number of rotatable bonds is 8. The molecule has 0 rings (SSSR count). The first-order valence-electron chi connectivity index (χ1n) is 4.47. The van der Waals surface area contributed by atoms with Crippen LogP contribution in [0, 0.1) is 0 Å². The smallest absolute Gasteiger partial charge is 0.390 e. The quantitative estimate of drug-likeness (QED) is 0.147. The Morgan fingerprint density at radius 2 is 1.94 bits per heavy atom. The van der Waals surface area contributed by atoms with Gasteiger partial charge in [-0.1, -0.05) is 5.11 Å². The summed E-state index contributed by atoms with van der Waals surface area (Å²) in [5.74, 6) is -1.24. The largest absolute Gasteiger partial charge is 0.470 e. The number of nitrogens with zero attached hydrogens (tertiary/aromatic N) is 3. The molecule has 104 valence electrons. The van der Waals surface area contributed by atoms with E-state index in [0.717, 1.165) is 0 Å². The third-order valence-corrected chi connectivity index (χ3v) is 2.22. The molecule has 0 amide bonds. The highest BCUT2D eigenvalue weighted by atomic mass is 31.2. The van der Waals surface area contributed by atoms with Gasteiger partial charge in [0.05, 0.1) is 12.6 Å². The van der Waals surface area contributed by atoms with Crippen molar-refractivity contribution in [3.63, 3.8) is 0 Å². The van der Waals surface area contributed by atoms with Crippen LogP contribution in [-0.2, 0) is 13.9 Å². The van der Waals surface area contributed by atoms with Crippen molar-refractivity contribution in [1.29, 1.82) is 0 Å². The highest BCUT2D eigenvalue weighted by Crippen LogP contribution is 2.35. The van der Waals surface area contributed by atoms with E-state index in [2.05, 4.69) is 14.5 Å². The number of aliphatic hydroxyl groups is 3. The van der Waals surface area contributed by atoms with Gasteiger partial charge in [0.1, 0.15) is 18.8 Å². The standard InChI is InChI=1S/C6H12N3O8P/c7-9-8-1-3(10)5(12)6(13)4(11)2-17-18(14,15)16/h3,5-6,10,12-13H,1-2H2,(H2,14,15,16)/t3?,5-,6+/m1/s1. The van der Waals surface area contributed by atoms with Gasteiger partial charge in [-0.15, -0.1) is 0 Å². The number of azide groups is 1. The van der Waals surface area contributed by atoms with Crippen LogP contribution < -0.4 is 0 Å². The van der Waals surface area contributed by atoms with Gasteiger partial charge in [-0.3, -0.25) is 9.32 Å². The Morgan fingerprint density at radius 1 is 1.39 bits per heavy atom. The van der Waals surface area contributed by atoms with Gasteiger partial charge in [-0.05, 0) is 5.53 Å².